The Bertz CT molecular complexity index is 901. The number of nitrogens with one attached hydrogen (secondary N) is 2. The van der Waals surface area contributed by atoms with Crippen LogP contribution in [-0.2, 0) is 12.8 Å². The maximum absolute atomic E-state index is 5.70. The summed E-state index contributed by atoms with van der Waals surface area (Å²) < 4.78 is 16.2. The standard InChI is InChI=1S/C22H29N5O3/c1-16(2)29-20-10-8-18(9-11-20)26-22(24-14-12-19-6-5-15-28-19)23-13-4-7-21-25-17(3)27-30-21/h5-6,8-11,15-16H,4,7,12-14H2,1-3H3,(H2,23,24,26). The van der Waals surface area contributed by atoms with E-state index in [9.17, 15) is 0 Å². The summed E-state index contributed by atoms with van der Waals surface area (Å²) in [7, 11) is 0. The Balaban J connectivity index is 1.55. The number of benzene rings is 1. The average Bonchev–Trinajstić information content (AvgIpc) is 3.38. The number of nitrogens with zero attached hydrogens (tertiary/aromatic N) is 3. The molecule has 8 heteroatoms. The van der Waals surface area contributed by atoms with Gasteiger partial charge in [0.05, 0.1) is 12.4 Å². The van der Waals surface area contributed by atoms with E-state index in [-0.39, 0.29) is 6.10 Å². The first kappa shape index (κ1) is 21.4. The molecular formula is C22H29N5O3. The van der Waals surface area contributed by atoms with Crippen LogP contribution in [0, 0.1) is 6.92 Å². The van der Waals surface area contributed by atoms with Gasteiger partial charge in [0.1, 0.15) is 11.5 Å². The lowest BCUT2D eigenvalue weighted by molar-refractivity contribution is 0.242. The number of anilines is 1. The van der Waals surface area contributed by atoms with Crippen molar-refractivity contribution in [1.29, 1.82) is 0 Å². The van der Waals surface area contributed by atoms with Gasteiger partial charge in [-0.15, -0.1) is 0 Å². The fourth-order valence-electron chi connectivity index (χ4n) is 2.79. The molecule has 0 radical (unpaired) electrons. The molecule has 2 N–H and O–H groups in total. The summed E-state index contributed by atoms with van der Waals surface area (Å²) >= 11 is 0. The van der Waals surface area contributed by atoms with Gasteiger partial charge in [-0.05, 0) is 63.6 Å². The smallest absolute Gasteiger partial charge is 0.226 e. The van der Waals surface area contributed by atoms with Gasteiger partial charge in [0.2, 0.25) is 5.89 Å². The molecule has 1 aromatic carbocycles. The van der Waals surface area contributed by atoms with E-state index in [1.54, 1.807) is 6.26 Å². The number of aliphatic imine (C=N–C) groups is 1. The minimum absolute atomic E-state index is 0.145. The summed E-state index contributed by atoms with van der Waals surface area (Å²) in [4.78, 5) is 8.90. The quantitative estimate of drug-likeness (QED) is 0.296. The van der Waals surface area contributed by atoms with Crippen LogP contribution in [0.4, 0.5) is 5.69 Å². The summed E-state index contributed by atoms with van der Waals surface area (Å²) in [5, 5.41) is 10.5. The van der Waals surface area contributed by atoms with Crippen LogP contribution in [-0.4, -0.2) is 35.3 Å². The van der Waals surface area contributed by atoms with Crippen molar-refractivity contribution in [3.05, 3.63) is 60.1 Å². The fraction of sp³-hybridized carbons (Fsp3) is 0.409. The Morgan fingerprint density at radius 2 is 2.00 bits per heavy atom. The molecule has 0 amide bonds. The van der Waals surface area contributed by atoms with Crippen LogP contribution < -0.4 is 15.4 Å². The maximum atomic E-state index is 5.70. The van der Waals surface area contributed by atoms with Gasteiger partial charge in [-0.1, -0.05) is 5.16 Å². The number of hydrogen-bond donors (Lipinski definition) is 2. The largest absolute Gasteiger partial charge is 0.491 e. The van der Waals surface area contributed by atoms with E-state index in [4.69, 9.17) is 13.7 Å². The van der Waals surface area contributed by atoms with Crippen LogP contribution in [0.2, 0.25) is 0 Å². The molecule has 0 saturated carbocycles. The second kappa shape index (κ2) is 11.0. The van der Waals surface area contributed by atoms with Gasteiger partial charge in [0.25, 0.3) is 0 Å². The van der Waals surface area contributed by atoms with Crippen molar-refractivity contribution in [1.82, 2.24) is 15.5 Å². The highest BCUT2D eigenvalue weighted by Gasteiger charge is 2.05. The zero-order chi connectivity index (χ0) is 21.2. The van der Waals surface area contributed by atoms with Gasteiger partial charge in [-0.3, -0.25) is 4.99 Å². The van der Waals surface area contributed by atoms with Crippen LogP contribution in [0.3, 0.4) is 0 Å². The molecule has 0 saturated heterocycles. The van der Waals surface area contributed by atoms with Crippen molar-refractivity contribution in [2.24, 2.45) is 4.99 Å². The highest BCUT2D eigenvalue weighted by atomic mass is 16.5. The minimum Gasteiger partial charge on any atom is -0.491 e. The van der Waals surface area contributed by atoms with E-state index < -0.39 is 0 Å². The van der Waals surface area contributed by atoms with Crippen LogP contribution in [0.5, 0.6) is 5.75 Å². The van der Waals surface area contributed by atoms with E-state index in [0.29, 0.717) is 37.2 Å². The topological polar surface area (TPSA) is 97.7 Å². The first-order chi connectivity index (χ1) is 14.6. The van der Waals surface area contributed by atoms with Gasteiger partial charge < -0.3 is 24.3 Å². The molecule has 0 bridgehead atoms. The summed E-state index contributed by atoms with van der Waals surface area (Å²) in [6.45, 7) is 7.17. The van der Waals surface area contributed by atoms with E-state index in [2.05, 4.69) is 25.8 Å². The monoisotopic (exact) mass is 411 g/mol. The molecule has 3 aromatic rings. The first-order valence-electron chi connectivity index (χ1n) is 10.2. The zero-order valence-corrected chi connectivity index (χ0v) is 17.7. The molecule has 160 valence electrons. The summed E-state index contributed by atoms with van der Waals surface area (Å²) in [6, 6.07) is 11.7. The predicted octanol–water partition coefficient (Wildman–Crippen LogP) is 3.99. The van der Waals surface area contributed by atoms with Crippen molar-refractivity contribution >= 4 is 11.6 Å². The number of ether oxygens (including phenoxy) is 1. The number of aryl methyl sites for hydroxylation is 2. The molecule has 0 aliphatic carbocycles. The maximum Gasteiger partial charge on any atom is 0.226 e. The minimum atomic E-state index is 0.145. The lowest BCUT2D eigenvalue weighted by Gasteiger charge is -2.14. The van der Waals surface area contributed by atoms with Crippen LogP contribution in [0.15, 0.2) is 56.6 Å². The molecule has 30 heavy (non-hydrogen) atoms. The SMILES string of the molecule is Cc1noc(CCCN=C(NCCc2ccco2)Nc2ccc(OC(C)C)cc2)n1. The molecule has 0 fully saturated rings. The second-order valence-corrected chi connectivity index (χ2v) is 7.14. The number of rotatable bonds is 10. The van der Waals surface area contributed by atoms with Gasteiger partial charge >= 0.3 is 0 Å². The molecule has 0 aliphatic heterocycles. The van der Waals surface area contributed by atoms with Crippen molar-refractivity contribution in [3.63, 3.8) is 0 Å². The molecule has 0 spiro atoms. The zero-order valence-electron chi connectivity index (χ0n) is 17.7. The average molecular weight is 412 g/mol. The Labute approximate surface area is 176 Å². The summed E-state index contributed by atoms with van der Waals surface area (Å²) in [5.41, 5.74) is 0.933. The third-order valence-corrected chi connectivity index (χ3v) is 4.12. The number of aromatic nitrogens is 2. The predicted molar refractivity (Wildman–Crippen MR) is 116 cm³/mol. The Morgan fingerprint density at radius 1 is 1.17 bits per heavy atom. The van der Waals surface area contributed by atoms with Crippen molar-refractivity contribution in [2.75, 3.05) is 18.4 Å². The molecule has 3 rings (SSSR count). The lowest BCUT2D eigenvalue weighted by Crippen LogP contribution is -2.32. The molecular weight excluding hydrogens is 382 g/mol. The number of hydrogen-bond acceptors (Lipinski definition) is 6. The van der Waals surface area contributed by atoms with Gasteiger partial charge in [0, 0.05) is 31.6 Å². The molecule has 0 atom stereocenters. The Morgan fingerprint density at radius 3 is 2.67 bits per heavy atom. The van der Waals surface area contributed by atoms with Crippen molar-refractivity contribution in [2.45, 2.75) is 46.1 Å². The summed E-state index contributed by atoms with van der Waals surface area (Å²) in [5.74, 6) is 3.78. The Hall–Kier alpha value is -3.29. The molecule has 2 aromatic heterocycles. The van der Waals surface area contributed by atoms with Crippen molar-refractivity contribution < 1.29 is 13.7 Å². The number of furan rings is 1. The van der Waals surface area contributed by atoms with Crippen LogP contribution >= 0.6 is 0 Å². The van der Waals surface area contributed by atoms with Crippen LogP contribution in [0.1, 0.15) is 37.7 Å². The molecule has 0 unspecified atom stereocenters. The molecule has 0 aliphatic rings. The first-order valence-corrected chi connectivity index (χ1v) is 10.2. The lowest BCUT2D eigenvalue weighted by atomic mass is 10.3. The van der Waals surface area contributed by atoms with E-state index in [0.717, 1.165) is 30.0 Å². The normalized spacial score (nSPS) is 11.7. The highest BCUT2D eigenvalue weighted by molar-refractivity contribution is 5.93. The van der Waals surface area contributed by atoms with Gasteiger partial charge in [-0.25, -0.2) is 0 Å². The third kappa shape index (κ3) is 7.27. The van der Waals surface area contributed by atoms with Gasteiger partial charge in [0.15, 0.2) is 11.8 Å². The van der Waals surface area contributed by atoms with Gasteiger partial charge in [-0.2, -0.15) is 4.98 Å². The van der Waals surface area contributed by atoms with E-state index in [1.165, 1.54) is 0 Å². The van der Waals surface area contributed by atoms with Crippen molar-refractivity contribution in [3.8, 4) is 5.75 Å². The Kier molecular flexibility index (Phi) is 7.88. The molecule has 8 nitrogen and oxygen atoms in total. The fourth-order valence-corrected chi connectivity index (χ4v) is 2.79. The molecule has 2 heterocycles. The van der Waals surface area contributed by atoms with E-state index in [1.807, 2.05) is 57.2 Å². The summed E-state index contributed by atoms with van der Waals surface area (Å²) in [6.07, 6.45) is 4.12. The highest BCUT2D eigenvalue weighted by Crippen LogP contribution is 2.17. The van der Waals surface area contributed by atoms with E-state index >= 15 is 0 Å². The number of guanidine groups is 1. The third-order valence-electron chi connectivity index (χ3n) is 4.12. The van der Waals surface area contributed by atoms with Crippen LogP contribution in [0.25, 0.3) is 0 Å². The second-order valence-electron chi connectivity index (χ2n) is 7.14.